The van der Waals surface area contributed by atoms with Crippen molar-refractivity contribution in [1.29, 1.82) is 0 Å². The van der Waals surface area contributed by atoms with Crippen LogP contribution in [-0.2, 0) is 4.79 Å². The lowest BCUT2D eigenvalue weighted by molar-refractivity contribution is -0.148. The fourth-order valence-electron chi connectivity index (χ4n) is 2.41. The summed E-state index contributed by atoms with van der Waals surface area (Å²) in [5.74, 6) is -0.841. The fourth-order valence-corrected chi connectivity index (χ4v) is 2.41. The predicted octanol–water partition coefficient (Wildman–Crippen LogP) is 4.73. The topological polar surface area (TPSA) is 37.3 Å². The summed E-state index contributed by atoms with van der Waals surface area (Å²) in [4.78, 5) is 11.6. The van der Waals surface area contributed by atoms with Gasteiger partial charge in [0.2, 0.25) is 0 Å². The van der Waals surface area contributed by atoms with Crippen molar-refractivity contribution in [2.45, 2.75) is 73.6 Å². The number of aliphatic carboxylic acids is 1. The van der Waals surface area contributed by atoms with E-state index in [0.717, 1.165) is 32.1 Å². The average Bonchev–Trinajstić information content (AvgIpc) is 2.34. The van der Waals surface area contributed by atoms with E-state index in [0.29, 0.717) is 0 Å². The second-order valence-corrected chi connectivity index (χ2v) is 5.97. The van der Waals surface area contributed by atoms with Crippen LogP contribution in [0.3, 0.4) is 0 Å². The second-order valence-electron chi connectivity index (χ2n) is 5.97. The molecule has 0 aliphatic heterocycles. The van der Waals surface area contributed by atoms with Gasteiger partial charge in [0.25, 0.3) is 0 Å². The normalized spacial score (nSPS) is 14.7. The first-order valence-electron chi connectivity index (χ1n) is 7.01. The van der Waals surface area contributed by atoms with Gasteiger partial charge in [0.05, 0.1) is 5.92 Å². The summed E-state index contributed by atoms with van der Waals surface area (Å²) in [7, 11) is 0. The lowest BCUT2D eigenvalue weighted by Gasteiger charge is -2.39. The van der Waals surface area contributed by atoms with Gasteiger partial charge in [-0.2, -0.15) is 0 Å². The van der Waals surface area contributed by atoms with E-state index < -0.39 is 5.97 Å². The van der Waals surface area contributed by atoms with Gasteiger partial charge < -0.3 is 5.11 Å². The fraction of sp³-hybridized carbons (Fsp3) is 0.933. The quantitative estimate of drug-likeness (QED) is 0.668. The van der Waals surface area contributed by atoms with Crippen molar-refractivity contribution in [3.63, 3.8) is 0 Å². The van der Waals surface area contributed by atoms with Crippen LogP contribution in [0.5, 0.6) is 0 Å². The summed E-state index contributed by atoms with van der Waals surface area (Å²) >= 11 is 0. The van der Waals surface area contributed by atoms with Gasteiger partial charge in [-0.3, -0.25) is 4.79 Å². The van der Waals surface area contributed by atoms with Crippen LogP contribution < -0.4 is 0 Å². The smallest absolute Gasteiger partial charge is 0.307 e. The molecule has 102 valence electrons. The highest BCUT2D eigenvalue weighted by atomic mass is 16.4. The van der Waals surface area contributed by atoms with Gasteiger partial charge in [-0.25, -0.2) is 0 Å². The zero-order valence-corrected chi connectivity index (χ0v) is 12.5. The number of carboxylic acids is 1. The zero-order valence-electron chi connectivity index (χ0n) is 12.5. The standard InChI is InChI=1S/C15H30O2/c1-7-14(5,8-2)11-12(13(16)17)15(6,9-3)10-4/h12H,7-11H2,1-6H3,(H,16,17). The van der Waals surface area contributed by atoms with E-state index in [2.05, 4.69) is 41.5 Å². The Morgan fingerprint density at radius 2 is 1.41 bits per heavy atom. The molecule has 0 radical (unpaired) electrons. The van der Waals surface area contributed by atoms with Crippen molar-refractivity contribution in [2.24, 2.45) is 16.7 Å². The summed E-state index contributed by atoms with van der Waals surface area (Å²) in [6.45, 7) is 12.9. The molecule has 0 amide bonds. The monoisotopic (exact) mass is 242 g/mol. The third-order valence-corrected chi connectivity index (χ3v) is 5.16. The number of carbonyl (C=O) groups is 1. The van der Waals surface area contributed by atoms with E-state index >= 15 is 0 Å². The van der Waals surface area contributed by atoms with Crippen molar-refractivity contribution in [1.82, 2.24) is 0 Å². The van der Waals surface area contributed by atoms with Crippen LogP contribution in [0, 0.1) is 16.7 Å². The number of hydrogen-bond acceptors (Lipinski definition) is 1. The first-order valence-corrected chi connectivity index (χ1v) is 7.01. The van der Waals surface area contributed by atoms with E-state index in [-0.39, 0.29) is 16.7 Å². The summed E-state index contributed by atoms with van der Waals surface area (Å²) in [6, 6.07) is 0. The number of rotatable bonds is 8. The average molecular weight is 242 g/mol. The van der Waals surface area contributed by atoms with Crippen LogP contribution in [0.4, 0.5) is 0 Å². The lowest BCUT2D eigenvalue weighted by Crippen LogP contribution is -2.36. The molecule has 0 aromatic heterocycles. The minimum atomic E-state index is -0.621. The molecule has 0 rings (SSSR count). The maximum Gasteiger partial charge on any atom is 0.307 e. The molecule has 2 nitrogen and oxygen atoms in total. The zero-order chi connectivity index (χ0) is 13.7. The van der Waals surface area contributed by atoms with Crippen molar-refractivity contribution >= 4 is 5.97 Å². The Morgan fingerprint density at radius 3 is 1.65 bits per heavy atom. The van der Waals surface area contributed by atoms with Crippen molar-refractivity contribution < 1.29 is 9.90 Å². The van der Waals surface area contributed by atoms with Crippen molar-refractivity contribution in [2.75, 3.05) is 0 Å². The van der Waals surface area contributed by atoms with Gasteiger partial charge in [0.15, 0.2) is 0 Å². The SMILES string of the molecule is CCC(C)(CC)CC(C(=O)O)C(C)(CC)CC. The molecule has 0 bridgehead atoms. The lowest BCUT2D eigenvalue weighted by atomic mass is 9.65. The third-order valence-electron chi connectivity index (χ3n) is 5.16. The van der Waals surface area contributed by atoms with Crippen LogP contribution in [0.2, 0.25) is 0 Å². The molecule has 0 aromatic rings. The highest BCUT2D eigenvalue weighted by Crippen LogP contribution is 2.44. The summed E-state index contributed by atoms with van der Waals surface area (Å²) in [5.41, 5.74) is 0.0894. The van der Waals surface area contributed by atoms with E-state index in [9.17, 15) is 9.90 Å². The second kappa shape index (κ2) is 6.42. The van der Waals surface area contributed by atoms with Crippen LogP contribution in [0.15, 0.2) is 0 Å². The molecular weight excluding hydrogens is 212 g/mol. The molecule has 1 N–H and O–H groups in total. The highest BCUT2D eigenvalue weighted by Gasteiger charge is 2.40. The van der Waals surface area contributed by atoms with E-state index in [1.54, 1.807) is 0 Å². The Morgan fingerprint density at radius 1 is 1.00 bits per heavy atom. The van der Waals surface area contributed by atoms with Crippen LogP contribution >= 0.6 is 0 Å². The van der Waals surface area contributed by atoms with E-state index in [4.69, 9.17) is 0 Å². The van der Waals surface area contributed by atoms with Crippen molar-refractivity contribution in [3.8, 4) is 0 Å². The maximum atomic E-state index is 11.6. The molecule has 2 heteroatoms. The highest BCUT2D eigenvalue weighted by molar-refractivity contribution is 5.71. The third kappa shape index (κ3) is 4.01. The Balaban J connectivity index is 5.06. The van der Waals surface area contributed by atoms with E-state index in [1.807, 2.05) is 0 Å². The molecule has 1 atom stereocenters. The Labute approximate surface area is 107 Å². The summed E-state index contributed by atoms with van der Waals surface area (Å²) in [5, 5.41) is 9.53. The summed E-state index contributed by atoms with van der Waals surface area (Å²) < 4.78 is 0. The van der Waals surface area contributed by atoms with Gasteiger partial charge in [0, 0.05) is 0 Å². The molecule has 1 unspecified atom stereocenters. The minimum absolute atomic E-state index is 0.0720. The Kier molecular flexibility index (Phi) is 6.22. The van der Waals surface area contributed by atoms with Gasteiger partial charge in [-0.15, -0.1) is 0 Å². The van der Waals surface area contributed by atoms with Gasteiger partial charge in [0.1, 0.15) is 0 Å². The maximum absolute atomic E-state index is 11.6. The van der Waals surface area contributed by atoms with Gasteiger partial charge in [-0.05, 0) is 30.1 Å². The van der Waals surface area contributed by atoms with Crippen LogP contribution in [-0.4, -0.2) is 11.1 Å². The molecule has 0 spiro atoms. The van der Waals surface area contributed by atoms with Crippen molar-refractivity contribution in [3.05, 3.63) is 0 Å². The van der Waals surface area contributed by atoms with E-state index in [1.165, 1.54) is 0 Å². The molecule has 0 fully saturated rings. The molecule has 0 saturated carbocycles. The molecule has 0 aliphatic carbocycles. The molecule has 0 aliphatic rings. The Hall–Kier alpha value is -0.530. The minimum Gasteiger partial charge on any atom is -0.481 e. The first kappa shape index (κ1) is 16.5. The first-order chi connectivity index (χ1) is 7.78. The van der Waals surface area contributed by atoms with Gasteiger partial charge in [-0.1, -0.05) is 54.4 Å². The molecular formula is C15H30O2. The van der Waals surface area contributed by atoms with Gasteiger partial charge >= 0.3 is 5.97 Å². The van der Waals surface area contributed by atoms with Crippen LogP contribution in [0.25, 0.3) is 0 Å². The largest absolute Gasteiger partial charge is 0.481 e. The Bertz CT molecular complexity index is 237. The van der Waals surface area contributed by atoms with Crippen LogP contribution in [0.1, 0.15) is 73.6 Å². The number of carboxylic acid groups (broad SMARTS) is 1. The molecule has 0 heterocycles. The number of hydrogen-bond donors (Lipinski definition) is 1. The predicted molar refractivity (Wildman–Crippen MR) is 73.1 cm³/mol. The summed E-state index contributed by atoms with van der Waals surface area (Å²) in [6.07, 6.45) is 4.77. The molecule has 17 heavy (non-hydrogen) atoms. The molecule has 0 aromatic carbocycles. The molecule has 0 saturated heterocycles.